The molecule has 0 aliphatic carbocycles. The summed E-state index contributed by atoms with van der Waals surface area (Å²) in [6.07, 6.45) is 1.51. The van der Waals surface area contributed by atoms with Crippen LogP contribution < -0.4 is 15.5 Å². The SMILES string of the molecule is CC(=O)NC(C(=O)NCc1ccc(N2CCCC2=O)cc1)C(C)C. The Bertz CT molecular complexity index is 610. The van der Waals surface area contributed by atoms with Crippen LogP contribution in [0.2, 0.25) is 0 Å². The number of anilines is 1. The second-order valence-electron chi connectivity index (χ2n) is 6.46. The molecule has 3 amide bonds. The van der Waals surface area contributed by atoms with Gasteiger partial charge in [-0.2, -0.15) is 0 Å². The molecule has 1 atom stereocenters. The first kappa shape index (κ1) is 18.0. The minimum Gasteiger partial charge on any atom is -0.350 e. The molecular weight excluding hydrogens is 306 g/mol. The third kappa shape index (κ3) is 4.57. The van der Waals surface area contributed by atoms with Crippen molar-refractivity contribution in [3.63, 3.8) is 0 Å². The predicted molar refractivity (Wildman–Crippen MR) is 92.3 cm³/mol. The molecule has 1 unspecified atom stereocenters. The zero-order chi connectivity index (χ0) is 17.7. The van der Waals surface area contributed by atoms with Gasteiger partial charge in [-0.1, -0.05) is 26.0 Å². The number of nitrogens with zero attached hydrogens (tertiary/aromatic N) is 1. The average Bonchev–Trinajstić information content (AvgIpc) is 2.96. The van der Waals surface area contributed by atoms with Crippen molar-refractivity contribution in [1.82, 2.24) is 10.6 Å². The predicted octanol–water partition coefficient (Wildman–Crippen LogP) is 1.59. The molecule has 1 fully saturated rings. The molecule has 1 aromatic carbocycles. The molecule has 24 heavy (non-hydrogen) atoms. The van der Waals surface area contributed by atoms with Crippen molar-refractivity contribution < 1.29 is 14.4 Å². The lowest BCUT2D eigenvalue weighted by molar-refractivity contribution is -0.129. The van der Waals surface area contributed by atoms with Crippen molar-refractivity contribution in [3.8, 4) is 0 Å². The number of hydrogen-bond acceptors (Lipinski definition) is 3. The summed E-state index contributed by atoms with van der Waals surface area (Å²) in [5.74, 6) is -0.244. The summed E-state index contributed by atoms with van der Waals surface area (Å²) >= 11 is 0. The van der Waals surface area contributed by atoms with Crippen LogP contribution in [-0.2, 0) is 20.9 Å². The summed E-state index contributed by atoms with van der Waals surface area (Å²) in [6.45, 7) is 6.34. The highest BCUT2D eigenvalue weighted by atomic mass is 16.2. The van der Waals surface area contributed by atoms with Gasteiger partial charge in [0.25, 0.3) is 0 Å². The Labute approximate surface area is 142 Å². The van der Waals surface area contributed by atoms with Gasteiger partial charge >= 0.3 is 0 Å². The molecule has 1 heterocycles. The minimum atomic E-state index is -0.538. The van der Waals surface area contributed by atoms with E-state index in [1.807, 2.05) is 38.1 Å². The van der Waals surface area contributed by atoms with E-state index in [9.17, 15) is 14.4 Å². The van der Waals surface area contributed by atoms with Crippen molar-refractivity contribution in [3.05, 3.63) is 29.8 Å². The molecule has 0 radical (unpaired) electrons. The molecule has 0 bridgehead atoms. The first-order valence-electron chi connectivity index (χ1n) is 8.32. The molecule has 1 aliphatic heterocycles. The maximum absolute atomic E-state index is 12.2. The zero-order valence-electron chi connectivity index (χ0n) is 14.5. The summed E-state index contributed by atoms with van der Waals surface area (Å²) < 4.78 is 0. The molecular formula is C18H25N3O3. The third-order valence-electron chi connectivity index (χ3n) is 4.10. The van der Waals surface area contributed by atoms with Gasteiger partial charge in [-0.3, -0.25) is 14.4 Å². The van der Waals surface area contributed by atoms with E-state index in [-0.39, 0.29) is 23.6 Å². The van der Waals surface area contributed by atoms with Crippen LogP contribution in [-0.4, -0.2) is 30.3 Å². The van der Waals surface area contributed by atoms with E-state index < -0.39 is 6.04 Å². The number of carbonyl (C=O) groups is 3. The second-order valence-corrected chi connectivity index (χ2v) is 6.46. The van der Waals surface area contributed by atoms with Gasteiger partial charge in [-0.25, -0.2) is 0 Å². The van der Waals surface area contributed by atoms with E-state index in [4.69, 9.17) is 0 Å². The first-order valence-corrected chi connectivity index (χ1v) is 8.32. The summed E-state index contributed by atoms with van der Waals surface area (Å²) in [6, 6.07) is 7.08. The van der Waals surface area contributed by atoms with Crippen LogP contribution in [0, 0.1) is 5.92 Å². The van der Waals surface area contributed by atoms with Crippen LogP contribution in [0.4, 0.5) is 5.69 Å². The largest absolute Gasteiger partial charge is 0.350 e. The van der Waals surface area contributed by atoms with Gasteiger partial charge in [-0.05, 0) is 30.0 Å². The van der Waals surface area contributed by atoms with Crippen molar-refractivity contribution in [2.75, 3.05) is 11.4 Å². The van der Waals surface area contributed by atoms with Crippen LogP contribution in [0.3, 0.4) is 0 Å². The Balaban J connectivity index is 1.92. The van der Waals surface area contributed by atoms with Gasteiger partial charge in [-0.15, -0.1) is 0 Å². The van der Waals surface area contributed by atoms with Gasteiger partial charge in [0.2, 0.25) is 17.7 Å². The van der Waals surface area contributed by atoms with Crippen LogP contribution in [0.5, 0.6) is 0 Å². The molecule has 2 N–H and O–H groups in total. The lowest BCUT2D eigenvalue weighted by Gasteiger charge is -2.21. The van der Waals surface area contributed by atoms with E-state index in [0.29, 0.717) is 13.0 Å². The van der Waals surface area contributed by atoms with Crippen molar-refractivity contribution in [2.45, 2.75) is 46.2 Å². The monoisotopic (exact) mass is 331 g/mol. The van der Waals surface area contributed by atoms with E-state index >= 15 is 0 Å². The normalized spacial score (nSPS) is 15.5. The zero-order valence-corrected chi connectivity index (χ0v) is 14.5. The van der Waals surface area contributed by atoms with Crippen LogP contribution in [0.15, 0.2) is 24.3 Å². The molecule has 0 spiro atoms. The third-order valence-corrected chi connectivity index (χ3v) is 4.10. The van der Waals surface area contributed by atoms with Gasteiger partial charge in [0.15, 0.2) is 0 Å². The maximum atomic E-state index is 12.2. The topological polar surface area (TPSA) is 78.5 Å². The minimum absolute atomic E-state index is 0.0115. The van der Waals surface area contributed by atoms with Gasteiger partial charge in [0, 0.05) is 32.1 Å². The Kier molecular flexibility index (Phi) is 5.95. The maximum Gasteiger partial charge on any atom is 0.243 e. The Hall–Kier alpha value is -2.37. The highest BCUT2D eigenvalue weighted by molar-refractivity contribution is 5.95. The molecule has 1 aliphatic rings. The van der Waals surface area contributed by atoms with Gasteiger partial charge < -0.3 is 15.5 Å². The molecule has 0 saturated carbocycles. The summed E-state index contributed by atoms with van der Waals surface area (Å²) in [5.41, 5.74) is 1.84. The molecule has 0 aromatic heterocycles. The fourth-order valence-electron chi connectivity index (χ4n) is 2.77. The lowest BCUT2D eigenvalue weighted by Crippen LogP contribution is -2.48. The molecule has 130 valence electrons. The smallest absolute Gasteiger partial charge is 0.243 e. The number of amides is 3. The number of hydrogen-bond donors (Lipinski definition) is 2. The van der Waals surface area contributed by atoms with Crippen LogP contribution >= 0.6 is 0 Å². The van der Waals surface area contributed by atoms with E-state index in [2.05, 4.69) is 10.6 Å². The molecule has 1 saturated heterocycles. The Morgan fingerprint density at radius 1 is 1.21 bits per heavy atom. The van der Waals surface area contributed by atoms with Crippen molar-refractivity contribution >= 4 is 23.4 Å². The first-order chi connectivity index (χ1) is 11.4. The standard InChI is InChI=1S/C18H25N3O3/c1-12(2)17(20-13(3)22)18(24)19-11-14-6-8-15(9-7-14)21-10-4-5-16(21)23/h6-9,12,17H,4-5,10-11H2,1-3H3,(H,19,24)(H,20,22). The Morgan fingerprint density at radius 3 is 2.38 bits per heavy atom. The van der Waals surface area contributed by atoms with Gasteiger partial charge in [0.1, 0.15) is 6.04 Å². The fourth-order valence-corrected chi connectivity index (χ4v) is 2.77. The molecule has 6 heteroatoms. The number of nitrogens with one attached hydrogen (secondary N) is 2. The van der Waals surface area contributed by atoms with Crippen LogP contribution in [0.25, 0.3) is 0 Å². The number of carbonyl (C=O) groups excluding carboxylic acids is 3. The number of benzene rings is 1. The quantitative estimate of drug-likeness (QED) is 0.831. The van der Waals surface area contributed by atoms with Crippen LogP contribution in [0.1, 0.15) is 39.2 Å². The highest BCUT2D eigenvalue weighted by Crippen LogP contribution is 2.21. The average molecular weight is 331 g/mol. The molecule has 6 nitrogen and oxygen atoms in total. The lowest BCUT2D eigenvalue weighted by atomic mass is 10.0. The van der Waals surface area contributed by atoms with Crippen molar-refractivity contribution in [1.29, 1.82) is 0 Å². The second kappa shape index (κ2) is 7.95. The van der Waals surface area contributed by atoms with E-state index in [1.165, 1.54) is 6.92 Å². The van der Waals surface area contributed by atoms with E-state index in [1.54, 1.807) is 4.90 Å². The summed E-state index contributed by atoms with van der Waals surface area (Å²) in [5, 5.41) is 5.52. The summed E-state index contributed by atoms with van der Waals surface area (Å²) in [7, 11) is 0. The number of rotatable bonds is 6. The molecule has 2 rings (SSSR count). The van der Waals surface area contributed by atoms with Crippen molar-refractivity contribution in [2.24, 2.45) is 5.92 Å². The fraction of sp³-hybridized carbons (Fsp3) is 0.500. The van der Waals surface area contributed by atoms with Gasteiger partial charge in [0.05, 0.1) is 0 Å². The van der Waals surface area contributed by atoms with E-state index in [0.717, 1.165) is 24.2 Å². The highest BCUT2D eigenvalue weighted by Gasteiger charge is 2.23. The Morgan fingerprint density at radius 2 is 1.88 bits per heavy atom. The summed E-state index contributed by atoms with van der Waals surface area (Å²) in [4.78, 5) is 37.0. The molecule has 1 aromatic rings.